The summed E-state index contributed by atoms with van der Waals surface area (Å²) in [5.74, 6) is 1.32. The number of sulfonamides is 1. The first-order valence-electron chi connectivity index (χ1n) is 8.07. The predicted molar refractivity (Wildman–Crippen MR) is 89.3 cm³/mol. The number of carbonyl (C=O) groups excluding carboxylic acids is 1. The van der Waals surface area contributed by atoms with Crippen molar-refractivity contribution in [2.24, 2.45) is 16.2 Å². The van der Waals surface area contributed by atoms with Gasteiger partial charge in [-0.1, -0.05) is 6.92 Å². The van der Waals surface area contributed by atoms with E-state index in [1.807, 2.05) is 18.7 Å². The van der Waals surface area contributed by atoms with E-state index < -0.39 is 10.0 Å². The maximum Gasteiger partial charge on any atom is 0.257 e. The van der Waals surface area contributed by atoms with Crippen molar-refractivity contribution < 1.29 is 13.2 Å². The Hall–Kier alpha value is -1.63. The highest BCUT2D eigenvalue weighted by atomic mass is 32.2. The van der Waals surface area contributed by atoms with Gasteiger partial charge in [0.25, 0.3) is 15.9 Å². The summed E-state index contributed by atoms with van der Waals surface area (Å²) in [6.45, 7) is 7.22. The van der Waals surface area contributed by atoms with Gasteiger partial charge in [-0.2, -0.15) is 0 Å². The van der Waals surface area contributed by atoms with Crippen LogP contribution < -0.4 is 0 Å². The van der Waals surface area contributed by atoms with Gasteiger partial charge in [0.2, 0.25) is 0 Å². The van der Waals surface area contributed by atoms with Gasteiger partial charge in [-0.25, -0.2) is 8.42 Å². The highest BCUT2D eigenvalue weighted by Gasteiger charge is 2.38. The van der Waals surface area contributed by atoms with Gasteiger partial charge in [0.15, 0.2) is 5.84 Å². The molecule has 6 nitrogen and oxygen atoms in total. The summed E-state index contributed by atoms with van der Waals surface area (Å²) in [7, 11) is -3.48. The van der Waals surface area contributed by atoms with Gasteiger partial charge in [-0.15, -0.1) is 4.40 Å². The molecule has 0 N–H and O–H groups in total. The molecule has 2 aliphatic heterocycles. The zero-order valence-corrected chi connectivity index (χ0v) is 14.6. The number of hydrogen-bond acceptors (Lipinski definition) is 4. The smallest absolute Gasteiger partial charge is 0.257 e. The molecule has 0 bridgehead atoms. The maximum atomic E-state index is 13.0. The third-order valence-electron chi connectivity index (χ3n) is 4.68. The Morgan fingerprint density at radius 3 is 2.78 bits per heavy atom. The normalized spacial score (nSPS) is 28.1. The number of amidine groups is 1. The van der Waals surface area contributed by atoms with E-state index in [1.165, 1.54) is 0 Å². The van der Waals surface area contributed by atoms with Crippen LogP contribution in [0.2, 0.25) is 0 Å². The lowest BCUT2D eigenvalue weighted by molar-refractivity contribution is -0.128. The molecule has 23 heavy (non-hydrogen) atoms. The molecule has 0 radical (unpaired) electrons. The van der Waals surface area contributed by atoms with Crippen LogP contribution in [-0.4, -0.2) is 54.8 Å². The van der Waals surface area contributed by atoms with Crippen molar-refractivity contribution in [3.05, 3.63) is 23.9 Å². The molecule has 0 unspecified atom stereocenters. The van der Waals surface area contributed by atoms with Crippen molar-refractivity contribution >= 4 is 21.8 Å². The summed E-state index contributed by atoms with van der Waals surface area (Å²) in [6, 6.07) is 0.0661. The van der Waals surface area contributed by atoms with Crippen molar-refractivity contribution in [1.29, 1.82) is 0 Å². The summed E-state index contributed by atoms with van der Waals surface area (Å²) in [6.07, 6.45) is 6.37. The topological polar surface area (TPSA) is 70.1 Å². The lowest BCUT2D eigenvalue weighted by Gasteiger charge is -2.33. The molecule has 7 heteroatoms. The quantitative estimate of drug-likeness (QED) is 0.777. The van der Waals surface area contributed by atoms with Crippen LogP contribution in [-0.2, 0) is 14.8 Å². The van der Waals surface area contributed by atoms with Crippen molar-refractivity contribution in [3.63, 3.8) is 0 Å². The maximum absolute atomic E-state index is 13.0. The van der Waals surface area contributed by atoms with Crippen LogP contribution in [0.5, 0.6) is 0 Å². The average molecular weight is 337 g/mol. The minimum Gasteiger partial charge on any atom is -0.336 e. The van der Waals surface area contributed by atoms with Crippen molar-refractivity contribution in [2.75, 3.05) is 18.8 Å². The van der Waals surface area contributed by atoms with E-state index in [1.54, 1.807) is 23.3 Å². The van der Waals surface area contributed by atoms with Crippen LogP contribution in [0.15, 0.2) is 28.3 Å². The van der Waals surface area contributed by atoms with Gasteiger partial charge in [-0.3, -0.25) is 4.79 Å². The molecule has 0 aromatic rings. The van der Waals surface area contributed by atoms with Crippen LogP contribution >= 0.6 is 0 Å². The number of rotatable bonds is 4. The number of allylic oxidation sites excluding steroid dienone is 2. The number of nitrogens with zero attached hydrogens (tertiary/aromatic N) is 3. The molecule has 1 fully saturated rings. The van der Waals surface area contributed by atoms with E-state index in [2.05, 4.69) is 11.3 Å². The zero-order valence-electron chi connectivity index (χ0n) is 13.8. The van der Waals surface area contributed by atoms with Crippen molar-refractivity contribution in [2.45, 2.75) is 33.2 Å². The molecular formula is C16H23N3O3S. The molecule has 0 saturated heterocycles. The summed E-state index contributed by atoms with van der Waals surface area (Å²) >= 11 is 0. The standard InChI is InChI=1S/C16H23N3O3S/c1-11(2)19(10-13-9-12(13)3)16(20)14-5-4-6-18-7-8-23(21,22)17-15(14)18/h4-6,11-13H,7-10H2,1-3H3/t12-,13-/m1/s1. The first-order chi connectivity index (χ1) is 10.8. The molecule has 1 saturated carbocycles. The van der Waals surface area contributed by atoms with Gasteiger partial charge < -0.3 is 9.80 Å². The van der Waals surface area contributed by atoms with Crippen LogP contribution in [0.3, 0.4) is 0 Å². The SMILES string of the molecule is CC(C)N(C[C@H]1C[C@H]1C)C(=O)C1=CC=CN2CCS(=O)(=O)N=C12. The molecule has 0 aromatic carbocycles. The molecule has 3 rings (SSSR count). The largest absolute Gasteiger partial charge is 0.336 e. The Labute approximate surface area is 137 Å². The van der Waals surface area contributed by atoms with E-state index in [-0.39, 0.29) is 23.5 Å². The molecule has 3 aliphatic rings. The highest BCUT2D eigenvalue weighted by molar-refractivity contribution is 7.90. The summed E-state index contributed by atoms with van der Waals surface area (Å²) in [5.41, 5.74) is 0.373. The van der Waals surface area contributed by atoms with Gasteiger partial charge in [0, 0.05) is 25.3 Å². The first-order valence-corrected chi connectivity index (χ1v) is 9.68. The van der Waals surface area contributed by atoms with Crippen LogP contribution in [0.1, 0.15) is 27.2 Å². The van der Waals surface area contributed by atoms with Crippen LogP contribution in [0.25, 0.3) is 0 Å². The summed E-state index contributed by atoms with van der Waals surface area (Å²) < 4.78 is 27.5. The van der Waals surface area contributed by atoms with Crippen LogP contribution in [0, 0.1) is 11.8 Å². The summed E-state index contributed by atoms with van der Waals surface area (Å²) in [4.78, 5) is 16.6. The lowest BCUT2D eigenvalue weighted by Crippen LogP contribution is -2.46. The number of carbonyl (C=O) groups is 1. The Kier molecular flexibility index (Phi) is 4.08. The Balaban J connectivity index is 1.88. The average Bonchev–Trinajstić information content (AvgIpc) is 3.17. The monoisotopic (exact) mass is 337 g/mol. The van der Waals surface area contributed by atoms with E-state index in [0.717, 1.165) is 13.0 Å². The third-order valence-corrected chi connectivity index (χ3v) is 5.83. The fraction of sp³-hybridized carbons (Fsp3) is 0.625. The molecule has 2 atom stereocenters. The van der Waals surface area contributed by atoms with Gasteiger partial charge >= 0.3 is 0 Å². The summed E-state index contributed by atoms with van der Waals surface area (Å²) in [5, 5.41) is 0. The Bertz CT molecular complexity index is 706. The minimum absolute atomic E-state index is 0.0181. The van der Waals surface area contributed by atoms with Gasteiger partial charge in [-0.05, 0) is 44.3 Å². The molecule has 1 aliphatic carbocycles. The van der Waals surface area contributed by atoms with Gasteiger partial charge in [0.05, 0.1) is 11.3 Å². The van der Waals surface area contributed by atoms with E-state index in [4.69, 9.17) is 0 Å². The second kappa shape index (κ2) is 5.78. The van der Waals surface area contributed by atoms with Gasteiger partial charge in [0.1, 0.15) is 0 Å². The van der Waals surface area contributed by atoms with E-state index in [9.17, 15) is 13.2 Å². The molecular weight excluding hydrogens is 314 g/mol. The molecule has 0 aromatic heterocycles. The number of fused-ring (bicyclic) bond motifs is 1. The second-order valence-electron chi connectivity index (χ2n) is 6.84. The fourth-order valence-electron chi connectivity index (χ4n) is 2.97. The van der Waals surface area contributed by atoms with Crippen molar-refractivity contribution in [3.8, 4) is 0 Å². The molecule has 0 spiro atoms. The van der Waals surface area contributed by atoms with Crippen molar-refractivity contribution in [1.82, 2.24) is 9.80 Å². The zero-order chi connectivity index (χ0) is 16.8. The van der Waals surface area contributed by atoms with E-state index in [0.29, 0.717) is 24.0 Å². The lowest BCUT2D eigenvalue weighted by atomic mass is 10.1. The van der Waals surface area contributed by atoms with Crippen LogP contribution in [0.4, 0.5) is 0 Å². The minimum atomic E-state index is -3.48. The Morgan fingerprint density at radius 2 is 2.17 bits per heavy atom. The number of amides is 1. The predicted octanol–water partition coefficient (Wildman–Crippen LogP) is 1.38. The molecule has 2 heterocycles. The first kappa shape index (κ1) is 16.2. The number of hydrogen-bond donors (Lipinski definition) is 0. The molecule has 1 amide bonds. The fourth-order valence-corrected chi connectivity index (χ4v) is 3.96. The third kappa shape index (κ3) is 3.34. The Morgan fingerprint density at radius 1 is 1.48 bits per heavy atom. The molecule has 126 valence electrons. The second-order valence-corrected chi connectivity index (χ2v) is 8.60. The van der Waals surface area contributed by atoms with E-state index >= 15 is 0 Å². The highest BCUT2D eigenvalue weighted by Crippen LogP contribution is 2.38.